The fourth-order valence-electron chi connectivity index (χ4n) is 3.77. The number of halogens is 2. The van der Waals surface area contributed by atoms with Crippen molar-refractivity contribution in [1.82, 2.24) is 4.57 Å². The summed E-state index contributed by atoms with van der Waals surface area (Å²) in [4.78, 5) is 16.3. The van der Waals surface area contributed by atoms with Gasteiger partial charge in [0, 0.05) is 29.6 Å². The van der Waals surface area contributed by atoms with Crippen LogP contribution in [0.15, 0.2) is 48.6 Å². The molecule has 10 heteroatoms. The second-order valence-electron chi connectivity index (χ2n) is 7.54. The van der Waals surface area contributed by atoms with Crippen LogP contribution in [0.3, 0.4) is 0 Å². The number of fused-ring (bicyclic) bond motifs is 1. The van der Waals surface area contributed by atoms with Gasteiger partial charge >= 0.3 is 0 Å². The van der Waals surface area contributed by atoms with Gasteiger partial charge in [0.25, 0.3) is 10.6 Å². The Hall–Kier alpha value is -1.72. The highest BCUT2D eigenvalue weighted by molar-refractivity contribution is 9.11. The summed E-state index contributed by atoms with van der Waals surface area (Å²) in [5.41, 5.74) is 2.79. The van der Waals surface area contributed by atoms with Gasteiger partial charge in [-0.3, -0.25) is 9.36 Å². The van der Waals surface area contributed by atoms with Crippen LogP contribution in [0, 0.1) is 12.7 Å². The molecule has 5 rings (SSSR count). The van der Waals surface area contributed by atoms with E-state index in [9.17, 15) is 9.18 Å². The van der Waals surface area contributed by atoms with E-state index in [1.165, 1.54) is 34.7 Å². The van der Waals surface area contributed by atoms with E-state index in [2.05, 4.69) is 49.6 Å². The van der Waals surface area contributed by atoms with Gasteiger partial charge in [0.2, 0.25) is 0 Å². The number of nitrogens with zero attached hydrogens (tertiary/aromatic N) is 3. The summed E-state index contributed by atoms with van der Waals surface area (Å²) >= 11 is 9.94. The van der Waals surface area contributed by atoms with E-state index in [-0.39, 0.29) is 11.4 Å². The lowest BCUT2D eigenvalue weighted by Gasteiger charge is -2.12. The second kappa shape index (κ2) is 9.14. The number of thioether (sulfide) groups is 1. The van der Waals surface area contributed by atoms with Crippen molar-refractivity contribution in [2.24, 2.45) is 0 Å². The van der Waals surface area contributed by atoms with Crippen LogP contribution >= 0.6 is 61.7 Å². The Kier molecular flexibility index (Phi) is 6.39. The lowest BCUT2D eigenvalue weighted by molar-refractivity contribution is -0.685. The zero-order valence-corrected chi connectivity index (χ0v) is 22.9. The van der Waals surface area contributed by atoms with E-state index in [4.69, 9.17) is 0 Å². The molecule has 0 unspecified atom stereocenters. The van der Waals surface area contributed by atoms with E-state index in [1.807, 2.05) is 23.4 Å². The third-order valence-corrected chi connectivity index (χ3v) is 10.9. The maximum atomic E-state index is 14.1. The number of thiazole rings is 2. The molecule has 4 nitrogen and oxygen atoms in total. The summed E-state index contributed by atoms with van der Waals surface area (Å²) in [6, 6.07) is 5.40. The van der Waals surface area contributed by atoms with Crippen LogP contribution in [0.25, 0.3) is 11.1 Å². The van der Waals surface area contributed by atoms with Crippen molar-refractivity contribution in [3.63, 3.8) is 0 Å². The Bertz CT molecular complexity index is 1550. The Balaban J connectivity index is 1.63. The number of anilines is 1. The number of benzene rings is 1. The predicted molar refractivity (Wildman–Crippen MR) is 142 cm³/mol. The monoisotopic (exact) mass is 580 g/mol. The van der Waals surface area contributed by atoms with Gasteiger partial charge in [-0.05, 0) is 53.4 Å². The number of aromatic nitrogens is 2. The van der Waals surface area contributed by atoms with Crippen LogP contribution in [0.4, 0.5) is 10.1 Å². The SMILES string of the molecule is CCn1c(=O)/c(=C2\Sc3c(ccc(F)c3C)N2C)s/c1=C\c1scc[n+]1Cc1ccsc1Br. The van der Waals surface area contributed by atoms with Gasteiger partial charge in [-0.15, -0.1) is 22.7 Å². The van der Waals surface area contributed by atoms with Crippen LogP contribution in [-0.4, -0.2) is 11.6 Å². The molecular weight excluding hydrogens is 561 g/mol. The van der Waals surface area contributed by atoms with E-state index in [0.29, 0.717) is 16.6 Å². The molecule has 1 aromatic carbocycles. The minimum absolute atomic E-state index is 0.00211. The Morgan fingerprint density at radius 3 is 2.76 bits per heavy atom. The molecule has 0 amide bonds. The summed E-state index contributed by atoms with van der Waals surface area (Å²) in [6.07, 6.45) is 4.18. The summed E-state index contributed by atoms with van der Waals surface area (Å²) in [6.45, 7) is 5.14. The molecule has 0 N–H and O–H groups in total. The molecule has 4 aromatic rings. The first kappa shape index (κ1) is 23.0. The van der Waals surface area contributed by atoms with Crippen LogP contribution in [0.2, 0.25) is 0 Å². The van der Waals surface area contributed by atoms with Crippen LogP contribution in [0.1, 0.15) is 23.1 Å². The summed E-state index contributed by atoms with van der Waals surface area (Å²) in [7, 11) is 1.94. The minimum Gasteiger partial charge on any atom is -0.337 e. The van der Waals surface area contributed by atoms with Crippen molar-refractivity contribution in [3.8, 4) is 0 Å². The van der Waals surface area contributed by atoms with E-state index in [0.717, 1.165) is 35.6 Å². The molecule has 0 atom stereocenters. The standard InChI is InChI=1S/C23H20BrFN3OS4/c1-4-28-18(11-17-27(8-10-30-17)12-14-7-9-31-21(14)24)32-20(22(28)29)23-26(3)16-6-5-15(25)13(2)19(16)33-23/h5-11H,4,12H2,1-3H3/q+1/b23-20+. The molecule has 1 aliphatic rings. The van der Waals surface area contributed by atoms with Crippen LogP contribution in [-0.2, 0) is 13.1 Å². The Labute approximate surface area is 215 Å². The minimum atomic E-state index is -0.221. The molecule has 0 saturated carbocycles. The first-order chi connectivity index (χ1) is 15.9. The lowest BCUT2D eigenvalue weighted by atomic mass is 10.2. The molecule has 0 spiro atoms. The molecule has 3 aromatic heterocycles. The highest BCUT2D eigenvalue weighted by Crippen LogP contribution is 2.47. The zero-order chi connectivity index (χ0) is 23.3. The normalized spacial score (nSPS) is 15.5. The molecule has 0 bridgehead atoms. The van der Waals surface area contributed by atoms with Crippen molar-refractivity contribution in [1.29, 1.82) is 0 Å². The van der Waals surface area contributed by atoms with Gasteiger partial charge in [-0.1, -0.05) is 23.1 Å². The van der Waals surface area contributed by atoms with Crippen molar-refractivity contribution in [2.75, 3.05) is 11.9 Å². The van der Waals surface area contributed by atoms with Crippen LogP contribution in [0.5, 0.6) is 0 Å². The summed E-state index contributed by atoms with van der Waals surface area (Å²) in [5.74, 6) is -0.221. The smallest absolute Gasteiger partial charge is 0.271 e. The highest BCUT2D eigenvalue weighted by atomic mass is 79.9. The quantitative estimate of drug-likeness (QED) is 0.327. The van der Waals surface area contributed by atoms with Gasteiger partial charge in [0.15, 0.2) is 12.7 Å². The third kappa shape index (κ3) is 4.05. The maximum absolute atomic E-state index is 14.1. The second-order valence-corrected chi connectivity index (χ2v) is 12.7. The van der Waals surface area contributed by atoms with E-state index in [1.54, 1.807) is 35.7 Å². The fraction of sp³-hybridized carbons (Fsp3) is 0.217. The number of hydrogen-bond donors (Lipinski definition) is 0. The number of rotatable bonds is 4. The van der Waals surface area contributed by atoms with Gasteiger partial charge in [0.05, 0.1) is 20.9 Å². The molecule has 0 saturated heterocycles. The first-order valence-corrected chi connectivity index (χ1v) is 14.4. The van der Waals surface area contributed by atoms with Gasteiger partial charge in [-0.2, -0.15) is 4.57 Å². The summed E-state index contributed by atoms with van der Waals surface area (Å²) in [5, 5.41) is 6.09. The Morgan fingerprint density at radius 1 is 1.21 bits per heavy atom. The van der Waals surface area contributed by atoms with Crippen molar-refractivity contribution < 1.29 is 8.96 Å². The van der Waals surface area contributed by atoms with Crippen molar-refractivity contribution >= 4 is 78.5 Å². The lowest BCUT2D eigenvalue weighted by Crippen LogP contribution is -2.36. The van der Waals surface area contributed by atoms with Gasteiger partial charge < -0.3 is 4.90 Å². The van der Waals surface area contributed by atoms with E-state index >= 15 is 0 Å². The van der Waals surface area contributed by atoms with Gasteiger partial charge in [0.1, 0.15) is 20.0 Å². The summed E-state index contributed by atoms with van der Waals surface area (Å²) < 4.78 is 20.9. The first-order valence-electron chi connectivity index (χ1n) is 10.2. The fourth-order valence-corrected chi connectivity index (χ4v) is 8.39. The zero-order valence-electron chi connectivity index (χ0n) is 18.1. The molecule has 4 heterocycles. The average molecular weight is 582 g/mol. The molecule has 1 aliphatic heterocycles. The average Bonchev–Trinajstić information content (AvgIpc) is 3.55. The highest BCUT2D eigenvalue weighted by Gasteiger charge is 2.27. The molecule has 170 valence electrons. The molecule has 0 fully saturated rings. The topological polar surface area (TPSA) is 29.1 Å². The maximum Gasteiger partial charge on any atom is 0.271 e. The molecular formula is C23H20BrFN3OS4+. The molecule has 0 aliphatic carbocycles. The number of hydrogen-bond acceptors (Lipinski definition) is 6. The van der Waals surface area contributed by atoms with Crippen LogP contribution < -0.4 is 24.2 Å². The third-order valence-electron chi connectivity index (χ3n) is 5.60. The predicted octanol–water partition coefficient (Wildman–Crippen LogP) is 4.74. The molecule has 33 heavy (non-hydrogen) atoms. The van der Waals surface area contributed by atoms with Crippen molar-refractivity contribution in [2.45, 2.75) is 31.8 Å². The molecule has 0 radical (unpaired) electrons. The largest absolute Gasteiger partial charge is 0.337 e. The van der Waals surface area contributed by atoms with Crippen molar-refractivity contribution in [3.05, 3.63) is 80.4 Å². The number of thiophene rings is 1. The van der Waals surface area contributed by atoms with E-state index < -0.39 is 0 Å². The Morgan fingerprint density at radius 2 is 2.03 bits per heavy atom. The van der Waals surface area contributed by atoms with Gasteiger partial charge in [-0.25, -0.2) is 4.39 Å².